The van der Waals surface area contributed by atoms with Gasteiger partial charge in [-0.25, -0.2) is 0 Å². The number of hydrogen-bond acceptors (Lipinski definition) is 4. The van der Waals surface area contributed by atoms with Crippen molar-refractivity contribution >= 4 is 5.97 Å². The summed E-state index contributed by atoms with van der Waals surface area (Å²) in [5.74, 6) is 4.02. The molecule has 33 heavy (non-hydrogen) atoms. The van der Waals surface area contributed by atoms with E-state index < -0.39 is 5.79 Å². The SMILES string of the molecule is COC(=O)CCC1(C)C2CCC3(C)C(C(C)CCCC(C)C)CCC3C2CCC12OCCO2. The maximum atomic E-state index is 12.1. The molecule has 0 N–H and O–H groups in total. The van der Waals surface area contributed by atoms with Gasteiger partial charge in [0.05, 0.1) is 20.3 Å². The molecule has 1 spiro atoms. The van der Waals surface area contributed by atoms with Crippen molar-refractivity contribution in [1.29, 1.82) is 0 Å². The summed E-state index contributed by atoms with van der Waals surface area (Å²) in [4.78, 5) is 12.1. The Balaban J connectivity index is 1.52. The molecule has 0 amide bonds. The molecule has 4 nitrogen and oxygen atoms in total. The quantitative estimate of drug-likeness (QED) is 0.364. The highest BCUT2D eigenvalue weighted by molar-refractivity contribution is 5.69. The van der Waals surface area contributed by atoms with Crippen LogP contribution >= 0.6 is 0 Å². The first-order valence-corrected chi connectivity index (χ1v) is 14.0. The Bertz CT molecular complexity index is 683. The Kier molecular flexibility index (Phi) is 7.57. The minimum Gasteiger partial charge on any atom is -0.469 e. The molecule has 0 aromatic heterocycles. The summed E-state index contributed by atoms with van der Waals surface area (Å²) in [6.07, 6.45) is 13.0. The van der Waals surface area contributed by atoms with Crippen LogP contribution in [-0.2, 0) is 19.0 Å². The van der Waals surface area contributed by atoms with Crippen molar-refractivity contribution in [2.75, 3.05) is 20.3 Å². The lowest BCUT2D eigenvalue weighted by molar-refractivity contribution is -0.292. The first-order valence-electron chi connectivity index (χ1n) is 14.0. The fraction of sp³-hybridized carbons (Fsp3) is 0.966. The fourth-order valence-corrected chi connectivity index (χ4v) is 9.20. The van der Waals surface area contributed by atoms with Gasteiger partial charge in [-0.3, -0.25) is 4.79 Å². The molecule has 7 atom stereocenters. The third-order valence-corrected chi connectivity index (χ3v) is 11.0. The number of esters is 1. The smallest absolute Gasteiger partial charge is 0.305 e. The number of hydrogen-bond donors (Lipinski definition) is 0. The van der Waals surface area contributed by atoms with E-state index in [0.717, 1.165) is 42.4 Å². The van der Waals surface area contributed by atoms with Crippen molar-refractivity contribution in [1.82, 2.24) is 0 Å². The lowest BCUT2D eigenvalue weighted by atomic mass is 9.46. The van der Waals surface area contributed by atoms with Crippen molar-refractivity contribution < 1.29 is 19.0 Å². The van der Waals surface area contributed by atoms with Crippen LogP contribution in [0.4, 0.5) is 0 Å². The molecule has 3 aliphatic carbocycles. The van der Waals surface area contributed by atoms with E-state index in [1.165, 1.54) is 58.5 Å². The normalized spacial score (nSPS) is 40.6. The molecule has 0 bridgehead atoms. The molecule has 190 valence electrons. The topological polar surface area (TPSA) is 44.8 Å². The zero-order valence-corrected chi connectivity index (χ0v) is 22.3. The van der Waals surface area contributed by atoms with Crippen LogP contribution in [0.2, 0.25) is 0 Å². The Labute approximate surface area is 202 Å². The molecule has 1 heterocycles. The first kappa shape index (κ1) is 25.5. The maximum Gasteiger partial charge on any atom is 0.305 e. The Morgan fingerprint density at radius 2 is 1.70 bits per heavy atom. The number of rotatable bonds is 8. The summed E-state index contributed by atoms with van der Waals surface area (Å²) in [5, 5.41) is 0. The van der Waals surface area contributed by atoms with Gasteiger partial charge in [0, 0.05) is 18.3 Å². The Morgan fingerprint density at radius 3 is 2.36 bits per heavy atom. The number of methoxy groups -OCH3 is 1. The molecule has 3 saturated carbocycles. The van der Waals surface area contributed by atoms with Crippen LogP contribution in [0, 0.1) is 46.3 Å². The van der Waals surface area contributed by atoms with Gasteiger partial charge in [0.25, 0.3) is 0 Å². The van der Waals surface area contributed by atoms with E-state index >= 15 is 0 Å². The zero-order valence-electron chi connectivity index (χ0n) is 22.3. The Morgan fingerprint density at radius 1 is 0.970 bits per heavy atom. The van der Waals surface area contributed by atoms with Gasteiger partial charge in [-0.05, 0) is 79.4 Å². The predicted octanol–water partition coefficient (Wildman–Crippen LogP) is 7.00. The second kappa shape index (κ2) is 9.80. The zero-order chi connectivity index (χ0) is 23.9. The van der Waals surface area contributed by atoms with Gasteiger partial charge >= 0.3 is 5.97 Å². The van der Waals surface area contributed by atoms with Gasteiger partial charge in [0.2, 0.25) is 0 Å². The second-order valence-corrected chi connectivity index (χ2v) is 12.9. The van der Waals surface area contributed by atoms with Crippen molar-refractivity contribution in [3.8, 4) is 0 Å². The number of fused-ring (bicyclic) bond motifs is 3. The predicted molar refractivity (Wildman–Crippen MR) is 132 cm³/mol. The molecular formula is C29H50O4. The average molecular weight is 463 g/mol. The number of carbonyl (C=O) groups is 1. The Hall–Kier alpha value is -0.610. The molecule has 4 aliphatic rings. The third-order valence-electron chi connectivity index (χ3n) is 11.0. The highest BCUT2D eigenvalue weighted by Crippen LogP contribution is 2.69. The molecule has 7 unspecified atom stereocenters. The fourth-order valence-electron chi connectivity index (χ4n) is 9.20. The monoisotopic (exact) mass is 462 g/mol. The summed E-state index contributed by atoms with van der Waals surface area (Å²) in [6.45, 7) is 13.6. The largest absolute Gasteiger partial charge is 0.469 e. The lowest BCUT2D eigenvalue weighted by Crippen LogP contribution is -2.60. The van der Waals surface area contributed by atoms with Crippen molar-refractivity contribution in [3.63, 3.8) is 0 Å². The molecule has 0 radical (unpaired) electrons. The highest BCUT2D eigenvalue weighted by Gasteiger charge is 2.65. The van der Waals surface area contributed by atoms with Gasteiger partial charge in [0.15, 0.2) is 5.79 Å². The molecule has 0 aromatic carbocycles. The van der Waals surface area contributed by atoms with Crippen LogP contribution < -0.4 is 0 Å². The highest BCUT2D eigenvalue weighted by atomic mass is 16.7. The molecule has 4 fully saturated rings. The van der Waals surface area contributed by atoms with Crippen LogP contribution in [-0.4, -0.2) is 32.1 Å². The summed E-state index contributed by atoms with van der Waals surface area (Å²) >= 11 is 0. The van der Waals surface area contributed by atoms with Crippen molar-refractivity contribution in [3.05, 3.63) is 0 Å². The number of carbonyl (C=O) groups excluding carboxylic acids is 1. The van der Waals surface area contributed by atoms with Gasteiger partial charge in [0.1, 0.15) is 0 Å². The van der Waals surface area contributed by atoms with Gasteiger partial charge < -0.3 is 14.2 Å². The third kappa shape index (κ3) is 4.41. The van der Waals surface area contributed by atoms with Gasteiger partial charge in [-0.2, -0.15) is 0 Å². The molecular weight excluding hydrogens is 412 g/mol. The second-order valence-electron chi connectivity index (χ2n) is 12.9. The minimum absolute atomic E-state index is 0.108. The van der Waals surface area contributed by atoms with Gasteiger partial charge in [-0.15, -0.1) is 0 Å². The summed E-state index contributed by atoms with van der Waals surface area (Å²) in [5.41, 5.74) is 0.354. The van der Waals surface area contributed by atoms with E-state index in [1.54, 1.807) is 0 Å². The van der Waals surface area contributed by atoms with Crippen LogP contribution in [0.15, 0.2) is 0 Å². The van der Waals surface area contributed by atoms with Gasteiger partial charge in [-0.1, -0.05) is 53.9 Å². The minimum atomic E-state index is -0.502. The van der Waals surface area contributed by atoms with E-state index in [1.807, 2.05) is 0 Å². The van der Waals surface area contributed by atoms with Crippen molar-refractivity contribution in [2.45, 2.75) is 111 Å². The standard InChI is InChI=1S/C29H50O4/c1-20(2)8-7-9-21(3)23-10-11-24-22-12-17-29(32-18-19-33-29)28(5,16-14-26(30)31-6)25(22)13-15-27(23,24)4/h20-25H,7-19H2,1-6H3. The summed E-state index contributed by atoms with van der Waals surface area (Å²) in [6, 6.07) is 0. The molecule has 4 rings (SSSR count). The molecule has 0 aromatic rings. The van der Waals surface area contributed by atoms with Crippen LogP contribution in [0.1, 0.15) is 105 Å². The van der Waals surface area contributed by atoms with Crippen molar-refractivity contribution in [2.24, 2.45) is 46.3 Å². The van der Waals surface area contributed by atoms with E-state index in [2.05, 4.69) is 34.6 Å². The van der Waals surface area contributed by atoms with Crippen LogP contribution in [0.25, 0.3) is 0 Å². The molecule has 1 saturated heterocycles. The number of ether oxygens (including phenoxy) is 3. The van der Waals surface area contributed by atoms with E-state index in [4.69, 9.17) is 14.2 Å². The maximum absolute atomic E-state index is 12.1. The van der Waals surface area contributed by atoms with Crippen LogP contribution in [0.3, 0.4) is 0 Å². The summed E-state index contributed by atoms with van der Waals surface area (Å²) in [7, 11) is 1.50. The van der Waals surface area contributed by atoms with E-state index in [9.17, 15) is 4.79 Å². The lowest BCUT2D eigenvalue weighted by Gasteiger charge is -2.61. The van der Waals surface area contributed by atoms with E-state index in [-0.39, 0.29) is 11.4 Å². The van der Waals surface area contributed by atoms with Crippen LogP contribution in [0.5, 0.6) is 0 Å². The summed E-state index contributed by atoms with van der Waals surface area (Å²) < 4.78 is 17.8. The molecule has 1 aliphatic heterocycles. The average Bonchev–Trinajstić information content (AvgIpc) is 3.40. The van der Waals surface area contributed by atoms with E-state index in [0.29, 0.717) is 31.0 Å². The molecule has 4 heteroatoms. The first-order chi connectivity index (χ1) is 15.7.